The molecule has 0 aliphatic heterocycles. The Labute approximate surface area is 153 Å². The van der Waals surface area contributed by atoms with Crippen molar-refractivity contribution in [2.24, 2.45) is 0 Å². The topological polar surface area (TPSA) is 96.6 Å². The third-order valence-electron chi connectivity index (χ3n) is 3.50. The van der Waals surface area contributed by atoms with Gasteiger partial charge in [-0.3, -0.25) is 4.98 Å². The highest BCUT2D eigenvalue weighted by atomic mass is 16.6. The van der Waals surface area contributed by atoms with Crippen molar-refractivity contribution >= 4 is 11.8 Å². The number of carbonyl (C=O) groups is 1. The number of anilines is 1. The van der Waals surface area contributed by atoms with Gasteiger partial charge in [-0.1, -0.05) is 13.3 Å². The first-order chi connectivity index (χ1) is 12.7. The first-order valence-corrected chi connectivity index (χ1v) is 8.73. The molecular weight excluding hydrogens is 334 g/mol. The molecule has 2 aromatic rings. The number of esters is 1. The van der Waals surface area contributed by atoms with Crippen LogP contribution in [0.2, 0.25) is 0 Å². The third-order valence-corrected chi connectivity index (χ3v) is 3.50. The Morgan fingerprint density at radius 1 is 1.04 bits per heavy atom. The molecule has 140 valence electrons. The summed E-state index contributed by atoms with van der Waals surface area (Å²) < 4.78 is 15.9. The van der Waals surface area contributed by atoms with Gasteiger partial charge in [0.05, 0.1) is 37.9 Å². The lowest BCUT2D eigenvalue weighted by Gasteiger charge is -2.08. The molecule has 2 rings (SSSR count). The van der Waals surface area contributed by atoms with E-state index in [2.05, 4.69) is 9.97 Å². The van der Waals surface area contributed by atoms with Crippen molar-refractivity contribution in [2.45, 2.75) is 26.2 Å². The molecule has 0 saturated heterocycles. The number of aromatic nitrogens is 2. The van der Waals surface area contributed by atoms with Crippen molar-refractivity contribution < 1.29 is 19.0 Å². The van der Waals surface area contributed by atoms with Crippen LogP contribution in [-0.2, 0) is 14.3 Å². The van der Waals surface area contributed by atoms with E-state index in [4.69, 9.17) is 19.9 Å². The van der Waals surface area contributed by atoms with Crippen LogP contribution in [0, 0.1) is 0 Å². The average Bonchev–Trinajstić information content (AvgIpc) is 2.66. The molecule has 2 N–H and O–H groups in total. The number of hydrogen-bond donors (Lipinski definition) is 1. The lowest BCUT2D eigenvalue weighted by atomic mass is 10.1. The summed E-state index contributed by atoms with van der Waals surface area (Å²) in [4.78, 5) is 19.6. The minimum atomic E-state index is -0.319. The molecule has 0 radical (unpaired) electrons. The van der Waals surface area contributed by atoms with Gasteiger partial charge in [-0.15, -0.1) is 0 Å². The van der Waals surface area contributed by atoms with Crippen molar-refractivity contribution in [3.8, 4) is 17.0 Å². The molecule has 0 atom stereocenters. The Kier molecular flexibility index (Phi) is 8.35. The lowest BCUT2D eigenvalue weighted by molar-refractivity contribution is -0.149. The van der Waals surface area contributed by atoms with E-state index in [1.165, 1.54) is 6.20 Å². The van der Waals surface area contributed by atoms with E-state index in [9.17, 15) is 4.79 Å². The van der Waals surface area contributed by atoms with Crippen molar-refractivity contribution in [2.75, 3.05) is 32.2 Å². The molecule has 1 aromatic carbocycles. The van der Waals surface area contributed by atoms with Crippen LogP contribution in [0.4, 0.5) is 5.82 Å². The van der Waals surface area contributed by atoms with Crippen LogP contribution >= 0.6 is 0 Å². The minimum absolute atomic E-state index is 0.0129. The van der Waals surface area contributed by atoms with Gasteiger partial charge in [-0.25, -0.2) is 9.78 Å². The first kappa shape index (κ1) is 19.7. The SMILES string of the molecule is CCCCOC(=O)COCCCOc1ccc(-c2cnc(N)cn2)cc1. The van der Waals surface area contributed by atoms with Gasteiger partial charge in [0, 0.05) is 12.0 Å². The number of benzene rings is 1. The van der Waals surface area contributed by atoms with Gasteiger partial charge in [-0.05, 0) is 30.7 Å². The summed E-state index contributed by atoms with van der Waals surface area (Å²) >= 11 is 0. The van der Waals surface area contributed by atoms with Crippen LogP contribution in [0.5, 0.6) is 5.75 Å². The maximum Gasteiger partial charge on any atom is 0.332 e. The summed E-state index contributed by atoms with van der Waals surface area (Å²) in [6.45, 7) is 3.44. The van der Waals surface area contributed by atoms with Gasteiger partial charge in [0.25, 0.3) is 0 Å². The minimum Gasteiger partial charge on any atom is -0.494 e. The van der Waals surface area contributed by atoms with Gasteiger partial charge >= 0.3 is 5.97 Å². The number of hydrogen-bond acceptors (Lipinski definition) is 7. The highest BCUT2D eigenvalue weighted by Crippen LogP contribution is 2.20. The smallest absolute Gasteiger partial charge is 0.332 e. The molecule has 7 heteroatoms. The number of unbranched alkanes of at least 4 members (excludes halogenated alkanes) is 1. The Morgan fingerprint density at radius 3 is 2.54 bits per heavy atom. The number of nitrogen functional groups attached to an aromatic ring is 1. The molecule has 0 spiro atoms. The number of ether oxygens (including phenoxy) is 3. The molecule has 7 nitrogen and oxygen atoms in total. The molecule has 0 fully saturated rings. The maximum atomic E-state index is 11.3. The molecule has 1 heterocycles. The van der Waals surface area contributed by atoms with Crippen molar-refractivity contribution in [3.63, 3.8) is 0 Å². The number of carbonyl (C=O) groups excluding carboxylic acids is 1. The standard InChI is InChI=1S/C19H25N3O4/c1-2-3-10-26-19(23)14-24-9-4-11-25-16-7-5-15(6-8-16)17-12-22-18(20)13-21-17/h5-8,12-13H,2-4,9-11,14H2,1H3,(H2,20,22). The van der Waals surface area contributed by atoms with Gasteiger partial charge < -0.3 is 19.9 Å². The predicted molar refractivity (Wildman–Crippen MR) is 98.7 cm³/mol. The van der Waals surface area contributed by atoms with E-state index >= 15 is 0 Å². The highest BCUT2D eigenvalue weighted by Gasteiger charge is 2.03. The van der Waals surface area contributed by atoms with E-state index in [1.807, 2.05) is 31.2 Å². The summed E-state index contributed by atoms with van der Waals surface area (Å²) in [6, 6.07) is 7.58. The first-order valence-electron chi connectivity index (χ1n) is 8.73. The summed E-state index contributed by atoms with van der Waals surface area (Å²) in [5.74, 6) is 0.835. The molecule has 26 heavy (non-hydrogen) atoms. The van der Waals surface area contributed by atoms with Crippen LogP contribution in [0.25, 0.3) is 11.3 Å². The Morgan fingerprint density at radius 2 is 1.85 bits per heavy atom. The van der Waals surface area contributed by atoms with Crippen LogP contribution in [0.3, 0.4) is 0 Å². The molecule has 0 aliphatic carbocycles. The molecule has 1 aromatic heterocycles. The zero-order valence-corrected chi connectivity index (χ0v) is 15.0. The fourth-order valence-corrected chi connectivity index (χ4v) is 2.09. The second kappa shape index (κ2) is 11.0. The van der Waals surface area contributed by atoms with Gasteiger partial charge in [0.1, 0.15) is 18.2 Å². The predicted octanol–water partition coefficient (Wildman–Crippen LogP) is 2.85. The van der Waals surface area contributed by atoms with Crippen LogP contribution < -0.4 is 10.5 Å². The van der Waals surface area contributed by atoms with E-state index in [1.54, 1.807) is 6.20 Å². The van der Waals surface area contributed by atoms with Crippen LogP contribution in [-0.4, -0.2) is 42.4 Å². The van der Waals surface area contributed by atoms with E-state index < -0.39 is 0 Å². The second-order valence-corrected chi connectivity index (χ2v) is 5.68. The average molecular weight is 359 g/mol. The largest absolute Gasteiger partial charge is 0.494 e. The van der Waals surface area contributed by atoms with Gasteiger partial charge in [0.2, 0.25) is 0 Å². The fraction of sp³-hybridized carbons (Fsp3) is 0.421. The highest BCUT2D eigenvalue weighted by molar-refractivity contribution is 5.70. The van der Waals surface area contributed by atoms with E-state index in [0.717, 1.165) is 29.8 Å². The lowest BCUT2D eigenvalue weighted by Crippen LogP contribution is -2.14. The van der Waals surface area contributed by atoms with Crippen molar-refractivity contribution in [1.82, 2.24) is 9.97 Å². The number of nitrogens with two attached hydrogens (primary N) is 1. The molecular formula is C19H25N3O4. The van der Waals surface area contributed by atoms with Crippen LogP contribution in [0.1, 0.15) is 26.2 Å². The molecule has 0 amide bonds. The van der Waals surface area contributed by atoms with Gasteiger partial charge in [0.15, 0.2) is 0 Å². The molecule has 0 unspecified atom stereocenters. The zero-order valence-electron chi connectivity index (χ0n) is 15.0. The number of rotatable bonds is 11. The van der Waals surface area contributed by atoms with Gasteiger partial charge in [-0.2, -0.15) is 0 Å². The molecule has 0 saturated carbocycles. The fourth-order valence-electron chi connectivity index (χ4n) is 2.09. The van der Waals surface area contributed by atoms with Crippen molar-refractivity contribution in [3.05, 3.63) is 36.7 Å². The summed E-state index contributed by atoms with van der Waals surface area (Å²) in [7, 11) is 0. The third kappa shape index (κ3) is 7.06. The Bertz CT molecular complexity index is 659. The summed E-state index contributed by atoms with van der Waals surface area (Å²) in [5.41, 5.74) is 7.23. The molecule has 0 bridgehead atoms. The second-order valence-electron chi connectivity index (χ2n) is 5.68. The Balaban J connectivity index is 1.61. The molecule has 0 aliphatic rings. The van der Waals surface area contributed by atoms with Crippen molar-refractivity contribution in [1.29, 1.82) is 0 Å². The van der Waals surface area contributed by atoms with E-state index in [0.29, 0.717) is 32.1 Å². The number of nitrogens with zero attached hydrogens (tertiary/aromatic N) is 2. The summed E-state index contributed by atoms with van der Waals surface area (Å²) in [5, 5.41) is 0. The zero-order chi connectivity index (χ0) is 18.6. The normalized spacial score (nSPS) is 10.5. The quantitative estimate of drug-likeness (QED) is 0.487. The summed E-state index contributed by atoms with van der Waals surface area (Å²) in [6.07, 6.45) is 5.73. The Hall–Kier alpha value is -2.67. The van der Waals surface area contributed by atoms with E-state index in [-0.39, 0.29) is 12.6 Å². The van der Waals surface area contributed by atoms with Crippen LogP contribution in [0.15, 0.2) is 36.7 Å². The monoisotopic (exact) mass is 359 g/mol. The maximum absolute atomic E-state index is 11.3.